The number of nitrogens with two attached hydrogens (primary N) is 5. The van der Waals surface area contributed by atoms with Crippen molar-refractivity contribution in [2.24, 2.45) is 39.6 Å². The summed E-state index contributed by atoms with van der Waals surface area (Å²) in [4.78, 5) is 155. The molecule has 0 saturated carbocycles. The SMILES string of the molecule is CC(C)C[C@H](NC(=O)[C@H](CCCCN)NC(=O)[C@H](C)NC(=O)[C@H](Cc1ccc(O)cc1)NC(=O)[C@H](CCCCN)NC(=O)[C@H](C)NC(=O)[C@@H](N)Cc1ccc(O)cc1)C(=O)N[C@@H](Cc1ccc(O)cc1)C(=O)N[C@@H](CCCN=C(N)N)C(=O)N[C@@H](C)C(=O)NCC(=O)S. The van der Waals surface area contributed by atoms with Crippen molar-refractivity contribution in [1.29, 1.82) is 0 Å². The van der Waals surface area contributed by atoms with Crippen LogP contribution in [-0.4, -0.2) is 172 Å². The van der Waals surface area contributed by atoms with Crippen LogP contribution in [0.3, 0.4) is 0 Å². The number of hydrogen-bond acceptors (Lipinski definition) is 18. The molecule has 3 rings (SSSR count). The lowest BCUT2D eigenvalue weighted by atomic mass is 9.99. The standard InChI is InChI=1S/C62H94N16O14S/c1-34(2)29-48(60(91)78-50(32-40-18-24-43(81)25-19-40)61(92)75-47(13-10-28-68-62(66)67)56(87)71-35(3)52(83)69-33-51(82)93)76-57(88)45(11-6-8-26-63)74-54(85)37(5)72-59(90)49(31-39-16-22-42(80)23-17-39)77-58(89)46(12-7-9-27-64)73-53(84)36(4)70-55(86)44(65)30-38-14-20-41(79)21-15-38/h14-25,34-37,44-50,79-81H,6-13,26-33,63-65H2,1-5H3,(H,69,83)(H,70,86)(H,71,87)(H,72,90)(H,73,84)(H,74,85)(H,75,92)(H,76,88)(H,77,89)(H,78,91)(H,82,93)(H4,66,67,68)/t35-,36-,37-,44-,45-,46-,47-,48-,49-,50-/m0/s1. The van der Waals surface area contributed by atoms with Gasteiger partial charge in [0.1, 0.15) is 71.6 Å². The van der Waals surface area contributed by atoms with E-state index >= 15 is 0 Å². The smallest absolute Gasteiger partial charge is 0.243 e. The molecule has 31 heteroatoms. The average molecular weight is 1320 g/mol. The van der Waals surface area contributed by atoms with Crippen LogP contribution in [0.15, 0.2) is 77.8 Å². The van der Waals surface area contributed by atoms with Crippen LogP contribution in [0.2, 0.25) is 0 Å². The van der Waals surface area contributed by atoms with Gasteiger partial charge in [-0.3, -0.25) is 57.7 Å². The number of phenols is 3. The van der Waals surface area contributed by atoms with Crippen molar-refractivity contribution in [2.45, 2.75) is 172 Å². The lowest BCUT2D eigenvalue weighted by Crippen LogP contribution is -2.60. The molecule has 0 bridgehead atoms. The number of guanidine groups is 1. The number of nitrogens with zero attached hydrogens (tertiary/aromatic N) is 1. The van der Waals surface area contributed by atoms with E-state index < -0.39 is 131 Å². The van der Waals surface area contributed by atoms with Gasteiger partial charge in [-0.25, -0.2) is 0 Å². The maximum absolute atomic E-state index is 14.5. The topological polar surface area (TPSA) is 511 Å². The van der Waals surface area contributed by atoms with E-state index in [1.165, 1.54) is 81.4 Å². The Morgan fingerprint density at radius 2 is 0.742 bits per heavy atom. The molecule has 0 aliphatic carbocycles. The van der Waals surface area contributed by atoms with E-state index in [1.807, 2.05) is 0 Å². The van der Waals surface area contributed by atoms with Crippen LogP contribution in [-0.2, 0) is 72.0 Å². The molecule has 93 heavy (non-hydrogen) atoms. The molecule has 0 fully saturated rings. The van der Waals surface area contributed by atoms with Crippen molar-refractivity contribution < 1.29 is 68.1 Å². The molecule has 3 aromatic carbocycles. The second-order valence-corrected chi connectivity index (χ2v) is 23.5. The Morgan fingerprint density at radius 3 is 1.14 bits per heavy atom. The van der Waals surface area contributed by atoms with Crippen LogP contribution in [0.1, 0.15) is 109 Å². The first-order valence-corrected chi connectivity index (χ1v) is 31.2. The van der Waals surface area contributed by atoms with E-state index in [9.17, 15) is 68.1 Å². The van der Waals surface area contributed by atoms with E-state index in [0.717, 1.165) is 0 Å². The van der Waals surface area contributed by atoms with Crippen LogP contribution in [0, 0.1) is 5.92 Å². The lowest BCUT2D eigenvalue weighted by Gasteiger charge is -2.28. The number of hydrogen-bond donors (Lipinski definition) is 19. The second kappa shape index (κ2) is 40.7. The molecule has 0 heterocycles. The predicted octanol–water partition coefficient (Wildman–Crippen LogP) is -2.49. The minimum atomic E-state index is -1.45. The third kappa shape index (κ3) is 29.8. The third-order valence-electron chi connectivity index (χ3n) is 14.5. The first kappa shape index (κ1) is 78.2. The Bertz CT molecular complexity index is 2990. The van der Waals surface area contributed by atoms with Crippen molar-refractivity contribution in [1.82, 2.24) is 53.2 Å². The minimum Gasteiger partial charge on any atom is -0.508 e. The zero-order chi connectivity index (χ0) is 69.3. The number of benzene rings is 3. The molecule has 3 aromatic rings. The normalized spacial score (nSPS) is 14.3. The maximum Gasteiger partial charge on any atom is 0.243 e. The van der Waals surface area contributed by atoms with Crippen molar-refractivity contribution >= 4 is 82.8 Å². The minimum absolute atomic E-state index is 0.00325. The maximum atomic E-state index is 14.5. The zero-order valence-corrected chi connectivity index (χ0v) is 54.1. The summed E-state index contributed by atoms with van der Waals surface area (Å²) in [5.74, 6) is -8.62. The molecule has 0 saturated heterocycles. The van der Waals surface area contributed by atoms with Crippen molar-refractivity contribution in [2.75, 3.05) is 26.2 Å². The van der Waals surface area contributed by atoms with Gasteiger partial charge < -0.3 is 97.2 Å². The van der Waals surface area contributed by atoms with Gasteiger partial charge in [-0.15, -0.1) is 12.6 Å². The molecule has 512 valence electrons. The van der Waals surface area contributed by atoms with Crippen molar-refractivity contribution in [3.63, 3.8) is 0 Å². The number of carbonyl (C=O) groups excluding carboxylic acids is 11. The predicted molar refractivity (Wildman–Crippen MR) is 350 cm³/mol. The van der Waals surface area contributed by atoms with Crippen LogP contribution < -0.4 is 81.8 Å². The number of unbranched alkanes of at least 4 members (excludes halogenated alkanes) is 2. The van der Waals surface area contributed by atoms with Crippen LogP contribution >= 0.6 is 12.6 Å². The molecular formula is C62H94N16O14S. The quantitative estimate of drug-likeness (QED) is 0.0121. The van der Waals surface area contributed by atoms with Gasteiger partial charge in [0, 0.05) is 19.4 Å². The highest BCUT2D eigenvalue weighted by atomic mass is 32.1. The summed E-state index contributed by atoms with van der Waals surface area (Å²) < 4.78 is 0. The molecule has 10 atom stereocenters. The monoisotopic (exact) mass is 1320 g/mol. The first-order chi connectivity index (χ1) is 44.0. The van der Waals surface area contributed by atoms with Crippen LogP contribution in [0.5, 0.6) is 17.2 Å². The number of phenolic OH excluding ortho intramolecular Hbond substituents is 3. The Hall–Kier alpha value is -9.07. The number of nitrogens with one attached hydrogen (secondary N) is 10. The molecule has 0 unspecified atom stereocenters. The molecule has 10 amide bonds. The van der Waals surface area contributed by atoms with E-state index in [-0.39, 0.29) is 100 Å². The summed E-state index contributed by atoms with van der Waals surface area (Å²) in [6.45, 7) is 7.75. The highest BCUT2D eigenvalue weighted by Crippen LogP contribution is 2.17. The number of aliphatic imine (C=N–C) groups is 1. The van der Waals surface area contributed by atoms with Gasteiger partial charge in [-0.2, -0.15) is 0 Å². The van der Waals surface area contributed by atoms with Gasteiger partial charge in [-0.1, -0.05) is 50.2 Å². The molecular weight excluding hydrogens is 1220 g/mol. The largest absolute Gasteiger partial charge is 0.508 e. The van der Waals surface area contributed by atoms with E-state index in [0.29, 0.717) is 42.4 Å². The second-order valence-electron chi connectivity index (χ2n) is 23.0. The molecule has 0 aromatic heterocycles. The van der Waals surface area contributed by atoms with Gasteiger partial charge in [-0.05, 0) is 157 Å². The Labute approximate surface area is 546 Å². The first-order valence-electron chi connectivity index (χ1n) is 30.8. The molecule has 0 spiro atoms. The van der Waals surface area contributed by atoms with Gasteiger partial charge in [0.15, 0.2) is 5.96 Å². The van der Waals surface area contributed by atoms with Gasteiger partial charge in [0.2, 0.25) is 64.2 Å². The molecule has 0 aliphatic heterocycles. The van der Waals surface area contributed by atoms with Crippen molar-refractivity contribution in [3.8, 4) is 17.2 Å². The summed E-state index contributed by atoms with van der Waals surface area (Å²) in [5, 5.41) is 55.2. The average Bonchev–Trinajstić information content (AvgIpc) is 2.33. The number of thiol groups is 1. The summed E-state index contributed by atoms with van der Waals surface area (Å²) >= 11 is 3.64. The summed E-state index contributed by atoms with van der Waals surface area (Å²) in [6, 6.07) is 4.60. The van der Waals surface area contributed by atoms with E-state index in [1.54, 1.807) is 26.0 Å². The Kier molecular flexibility index (Phi) is 34.2. The molecule has 0 radical (unpaired) electrons. The Morgan fingerprint density at radius 1 is 0.419 bits per heavy atom. The number of aromatic hydroxyl groups is 3. The fourth-order valence-electron chi connectivity index (χ4n) is 9.27. The molecule has 23 N–H and O–H groups in total. The third-order valence-corrected chi connectivity index (χ3v) is 14.7. The zero-order valence-electron chi connectivity index (χ0n) is 53.2. The summed E-state index contributed by atoms with van der Waals surface area (Å²) in [7, 11) is 0. The van der Waals surface area contributed by atoms with E-state index in [2.05, 4.69) is 70.8 Å². The highest BCUT2D eigenvalue weighted by Gasteiger charge is 2.35. The molecule has 0 aliphatic rings. The fourth-order valence-corrected chi connectivity index (χ4v) is 9.35. The summed E-state index contributed by atoms with van der Waals surface area (Å²) in [5.41, 5.74) is 30.3. The summed E-state index contributed by atoms with van der Waals surface area (Å²) in [6.07, 6.45) is 1.43. The fraction of sp³-hybridized carbons (Fsp3) is 0.516. The Balaban J connectivity index is 1.89. The van der Waals surface area contributed by atoms with Crippen molar-refractivity contribution in [3.05, 3.63) is 89.5 Å². The van der Waals surface area contributed by atoms with E-state index in [4.69, 9.17) is 28.7 Å². The van der Waals surface area contributed by atoms with Crippen LogP contribution in [0.25, 0.3) is 0 Å². The molecule has 30 nitrogen and oxygen atoms in total. The number of rotatable bonds is 41. The lowest BCUT2D eigenvalue weighted by molar-refractivity contribution is -0.136. The number of amides is 10. The van der Waals surface area contributed by atoms with Crippen LogP contribution in [0.4, 0.5) is 0 Å². The van der Waals surface area contributed by atoms with Gasteiger partial charge in [0.25, 0.3) is 0 Å². The van der Waals surface area contributed by atoms with Gasteiger partial charge in [0.05, 0.1) is 12.6 Å². The van der Waals surface area contributed by atoms with Gasteiger partial charge >= 0.3 is 0 Å². The number of carbonyl (C=O) groups is 11. The highest BCUT2D eigenvalue weighted by molar-refractivity contribution is 7.96.